The van der Waals surface area contributed by atoms with Crippen molar-refractivity contribution in [2.75, 3.05) is 39.3 Å². The van der Waals surface area contributed by atoms with Gasteiger partial charge in [-0.15, -0.1) is 0 Å². The number of carbonyl (C=O) groups is 3. The van der Waals surface area contributed by atoms with Crippen molar-refractivity contribution in [3.05, 3.63) is 42.2 Å². The summed E-state index contributed by atoms with van der Waals surface area (Å²) in [5, 5.41) is 5.55. The normalized spacial score (nSPS) is 15.2. The summed E-state index contributed by atoms with van der Waals surface area (Å²) >= 11 is 0. The van der Waals surface area contributed by atoms with Gasteiger partial charge in [0.25, 0.3) is 0 Å². The first-order valence-corrected chi connectivity index (χ1v) is 10.5. The Balaban J connectivity index is 1.52. The Bertz CT molecular complexity index is 973. The third-order valence-electron chi connectivity index (χ3n) is 5.35. The summed E-state index contributed by atoms with van der Waals surface area (Å²) in [5.41, 5.74) is 1.50. The molecule has 1 aliphatic rings. The topological polar surface area (TPSA) is 119 Å². The Morgan fingerprint density at radius 2 is 1.73 bits per heavy atom. The number of rotatable bonds is 10. The molecule has 0 spiro atoms. The second-order valence-electron chi connectivity index (χ2n) is 7.46. The number of nitrogens with zero attached hydrogens (tertiary/aromatic N) is 2. The van der Waals surface area contributed by atoms with Gasteiger partial charge in [-0.2, -0.15) is 0 Å². The number of anilines is 1. The van der Waals surface area contributed by atoms with Crippen LogP contribution in [0.25, 0.3) is 0 Å². The Labute approximate surface area is 192 Å². The molecule has 176 valence electrons. The van der Waals surface area contributed by atoms with E-state index in [1.165, 1.54) is 26.2 Å². The molecule has 10 nitrogen and oxygen atoms in total. The molecule has 2 heterocycles. The highest BCUT2D eigenvalue weighted by atomic mass is 16.5. The molecule has 3 rings (SSSR count). The average molecular weight is 456 g/mol. The fourth-order valence-electron chi connectivity index (χ4n) is 3.59. The molecule has 10 heteroatoms. The largest absolute Gasteiger partial charge is 0.493 e. The lowest BCUT2D eigenvalue weighted by Crippen LogP contribution is -2.35. The highest BCUT2D eigenvalue weighted by molar-refractivity contribution is 6.00. The van der Waals surface area contributed by atoms with Crippen LogP contribution in [-0.2, 0) is 20.9 Å². The number of pyridine rings is 1. The molecule has 33 heavy (non-hydrogen) atoms. The number of ether oxygens (including phenoxy) is 3. The number of carbonyl (C=O) groups excluding carboxylic acids is 3. The maximum absolute atomic E-state index is 12.6. The van der Waals surface area contributed by atoms with Gasteiger partial charge in [-0.1, -0.05) is 0 Å². The molecule has 2 aromatic rings. The molecule has 0 aliphatic carbocycles. The number of hydrogen-bond acceptors (Lipinski definition) is 7. The van der Waals surface area contributed by atoms with Crippen LogP contribution in [0.5, 0.6) is 17.2 Å². The number of hydrogen-bond donors (Lipinski definition) is 2. The third kappa shape index (κ3) is 5.91. The molecule has 1 aromatic heterocycles. The zero-order chi connectivity index (χ0) is 23.8. The summed E-state index contributed by atoms with van der Waals surface area (Å²) in [7, 11) is 4.49. The first-order valence-electron chi connectivity index (χ1n) is 10.5. The first-order chi connectivity index (χ1) is 16.0. The van der Waals surface area contributed by atoms with Gasteiger partial charge in [0.1, 0.15) is 0 Å². The molecular formula is C23H28N4O6. The zero-order valence-corrected chi connectivity index (χ0v) is 18.9. The van der Waals surface area contributed by atoms with Gasteiger partial charge in [-0.3, -0.25) is 19.4 Å². The van der Waals surface area contributed by atoms with Crippen LogP contribution in [0.4, 0.5) is 5.69 Å². The molecule has 2 N–H and O–H groups in total. The van der Waals surface area contributed by atoms with Crippen molar-refractivity contribution >= 4 is 23.4 Å². The highest BCUT2D eigenvalue weighted by Crippen LogP contribution is 2.42. The second kappa shape index (κ2) is 11.2. The minimum absolute atomic E-state index is 0.0801. The molecular weight excluding hydrogens is 428 g/mol. The smallest absolute Gasteiger partial charge is 0.227 e. The van der Waals surface area contributed by atoms with E-state index in [2.05, 4.69) is 15.6 Å². The van der Waals surface area contributed by atoms with E-state index in [-0.39, 0.29) is 43.7 Å². The van der Waals surface area contributed by atoms with Gasteiger partial charge in [0.2, 0.25) is 23.5 Å². The number of amides is 3. The molecule has 1 aromatic carbocycles. The SMILES string of the molecule is COc1cc(N2CC(C(=O)NCCC(=O)NCc3ccncc3)CC2=O)cc(OC)c1OC. The van der Waals surface area contributed by atoms with E-state index >= 15 is 0 Å². The van der Waals surface area contributed by atoms with Gasteiger partial charge in [0, 0.05) is 57.0 Å². The number of benzene rings is 1. The van der Waals surface area contributed by atoms with E-state index in [4.69, 9.17) is 14.2 Å². The fourth-order valence-corrected chi connectivity index (χ4v) is 3.59. The van der Waals surface area contributed by atoms with Gasteiger partial charge < -0.3 is 29.7 Å². The molecule has 0 bridgehead atoms. The molecule has 1 fully saturated rings. The summed E-state index contributed by atoms with van der Waals surface area (Å²) < 4.78 is 16.0. The average Bonchev–Trinajstić information content (AvgIpc) is 3.24. The van der Waals surface area contributed by atoms with E-state index in [1.54, 1.807) is 24.5 Å². The summed E-state index contributed by atoms with van der Waals surface area (Å²) in [4.78, 5) is 42.6. The number of aromatic nitrogens is 1. The molecule has 0 saturated carbocycles. The predicted octanol–water partition coefficient (Wildman–Crippen LogP) is 1.28. The molecule has 1 unspecified atom stereocenters. The minimum atomic E-state index is -0.517. The molecule has 1 aliphatic heterocycles. The van der Waals surface area contributed by atoms with E-state index in [1.807, 2.05) is 12.1 Å². The van der Waals surface area contributed by atoms with E-state index in [9.17, 15) is 14.4 Å². The predicted molar refractivity (Wildman–Crippen MR) is 120 cm³/mol. The maximum atomic E-state index is 12.6. The second-order valence-corrected chi connectivity index (χ2v) is 7.46. The summed E-state index contributed by atoms with van der Waals surface area (Å²) in [6, 6.07) is 6.98. The van der Waals surface area contributed by atoms with Crippen LogP contribution in [-0.4, -0.2) is 57.1 Å². The quantitative estimate of drug-likeness (QED) is 0.553. The molecule has 1 saturated heterocycles. The van der Waals surface area contributed by atoms with Gasteiger partial charge >= 0.3 is 0 Å². The van der Waals surface area contributed by atoms with E-state index in [0.29, 0.717) is 29.5 Å². The van der Waals surface area contributed by atoms with Crippen LogP contribution in [0.3, 0.4) is 0 Å². The summed E-state index contributed by atoms with van der Waals surface area (Å²) in [5.74, 6) is 0.132. The van der Waals surface area contributed by atoms with E-state index in [0.717, 1.165) is 5.56 Å². The van der Waals surface area contributed by atoms with Crippen LogP contribution >= 0.6 is 0 Å². The van der Waals surface area contributed by atoms with Crippen molar-refractivity contribution in [2.45, 2.75) is 19.4 Å². The van der Waals surface area contributed by atoms with Crippen LogP contribution < -0.4 is 29.7 Å². The number of nitrogens with one attached hydrogen (secondary N) is 2. The Morgan fingerprint density at radius 3 is 2.33 bits per heavy atom. The van der Waals surface area contributed by atoms with Gasteiger partial charge in [-0.05, 0) is 17.7 Å². The Morgan fingerprint density at radius 1 is 1.06 bits per heavy atom. The van der Waals surface area contributed by atoms with Crippen LogP contribution in [0, 0.1) is 5.92 Å². The first kappa shape index (κ1) is 23.8. The van der Waals surface area contributed by atoms with Crippen molar-refractivity contribution in [2.24, 2.45) is 5.92 Å². The van der Waals surface area contributed by atoms with Crippen LogP contribution in [0.15, 0.2) is 36.7 Å². The van der Waals surface area contributed by atoms with Gasteiger partial charge in [0.15, 0.2) is 11.5 Å². The third-order valence-corrected chi connectivity index (χ3v) is 5.35. The lowest BCUT2D eigenvalue weighted by atomic mass is 10.1. The maximum Gasteiger partial charge on any atom is 0.227 e. The fraction of sp³-hybridized carbons (Fsp3) is 0.391. The van der Waals surface area contributed by atoms with Crippen molar-refractivity contribution in [3.8, 4) is 17.2 Å². The summed E-state index contributed by atoms with van der Waals surface area (Å²) in [6.45, 7) is 0.809. The summed E-state index contributed by atoms with van der Waals surface area (Å²) in [6.07, 6.45) is 3.54. The molecule has 0 radical (unpaired) electrons. The van der Waals surface area contributed by atoms with Crippen LogP contribution in [0.2, 0.25) is 0 Å². The zero-order valence-electron chi connectivity index (χ0n) is 18.9. The van der Waals surface area contributed by atoms with E-state index < -0.39 is 5.92 Å². The van der Waals surface area contributed by atoms with Gasteiger partial charge in [0.05, 0.1) is 32.9 Å². The monoisotopic (exact) mass is 456 g/mol. The highest BCUT2D eigenvalue weighted by Gasteiger charge is 2.35. The van der Waals surface area contributed by atoms with Crippen molar-refractivity contribution in [1.29, 1.82) is 0 Å². The van der Waals surface area contributed by atoms with Crippen molar-refractivity contribution in [3.63, 3.8) is 0 Å². The molecule has 1 atom stereocenters. The lowest BCUT2D eigenvalue weighted by molar-refractivity contribution is -0.126. The Kier molecular flexibility index (Phi) is 8.06. The number of methoxy groups -OCH3 is 3. The standard InChI is InChI=1S/C23H28N4O6/c1-31-18-11-17(12-19(32-2)22(18)33-3)27-14-16(10-21(27)29)23(30)25-9-6-20(28)26-13-15-4-7-24-8-5-15/h4-5,7-8,11-12,16H,6,9-10,13-14H2,1-3H3,(H,25,30)(H,26,28). The van der Waals surface area contributed by atoms with Crippen molar-refractivity contribution < 1.29 is 28.6 Å². The van der Waals surface area contributed by atoms with Crippen LogP contribution in [0.1, 0.15) is 18.4 Å². The van der Waals surface area contributed by atoms with Gasteiger partial charge in [-0.25, -0.2) is 0 Å². The Hall–Kier alpha value is -3.82. The minimum Gasteiger partial charge on any atom is -0.493 e. The molecule has 3 amide bonds. The van der Waals surface area contributed by atoms with Crippen molar-refractivity contribution in [1.82, 2.24) is 15.6 Å². The lowest BCUT2D eigenvalue weighted by Gasteiger charge is -2.20.